The van der Waals surface area contributed by atoms with Gasteiger partial charge < -0.3 is 29.1 Å². The van der Waals surface area contributed by atoms with Crippen LogP contribution in [0.2, 0.25) is 0 Å². The third-order valence-electron chi connectivity index (χ3n) is 9.21. The molecule has 278 valence electrons. The fraction of sp³-hybridized carbons (Fsp3) is 0.429. The third kappa shape index (κ3) is 9.60. The molecule has 2 aliphatic rings. The van der Waals surface area contributed by atoms with Gasteiger partial charge in [0, 0.05) is 63.8 Å². The van der Waals surface area contributed by atoms with Crippen molar-refractivity contribution >= 4 is 46.5 Å². The number of benzene rings is 2. The Morgan fingerprint density at radius 3 is 1.19 bits per heavy atom. The first-order chi connectivity index (χ1) is 24.8. The molecule has 0 saturated carbocycles. The fourth-order valence-electron chi connectivity index (χ4n) is 6.29. The number of amides is 2. The molecule has 2 heterocycles. The molecule has 4 rings (SSSR count). The van der Waals surface area contributed by atoms with Gasteiger partial charge in [-0.05, 0) is 87.8 Å². The number of rotatable bonds is 20. The van der Waals surface area contributed by atoms with E-state index in [2.05, 4.69) is 13.2 Å². The molecular formula is C42H54N4O6. The molecule has 2 aliphatic heterocycles. The maximum absolute atomic E-state index is 14.6. The zero-order valence-electron chi connectivity index (χ0n) is 31.8. The van der Waals surface area contributed by atoms with Gasteiger partial charge in [0.15, 0.2) is 0 Å². The summed E-state index contributed by atoms with van der Waals surface area (Å²) in [7, 11) is 7.90. The first kappa shape index (κ1) is 39.7. The summed E-state index contributed by atoms with van der Waals surface area (Å²) in [5.74, 6) is -1.10. The Morgan fingerprint density at radius 2 is 0.885 bits per heavy atom. The van der Waals surface area contributed by atoms with Crippen molar-refractivity contribution in [1.29, 1.82) is 0 Å². The van der Waals surface area contributed by atoms with Crippen molar-refractivity contribution < 1.29 is 28.7 Å². The van der Waals surface area contributed by atoms with Crippen molar-refractivity contribution in [3.8, 4) is 0 Å². The first-order valence-electron chi connectivity index (χ1n) is 18.2. The van der Waals surface area contributed by atoms with Crippen LogP contribution in [0.25, 0.3) is 11.4 Å². The van der Waals surface area contributed by atoms with Crippen molar-refractivity contribution in [3.05, 3.63) is 95.1 Å². The van der Waals surface area contributed by atoms with Crippen LogP contribution >= 0.6 is 0 Å². The summed E-state index contributed by atoms with van der Waals surface area (Å²) < 4.78 is 10.5. The number of esters is 2. The van der Waals surface area contributed by atoms with E-state index in [9.17, 15) is 19.2 Å². The molecule has 2 amide bonds. The third-order valence-corrected chi connectivity index (χ3v) is 9.21. The molecular weight excluding hydrogens is 656 g/mol. The number of fused-ring (bicyclic) bond motifs is 1. The van der Waals surface area contributed by atoms with E-state index in [0.717, 1.165) is 73.9 Å². The number of unbranched alkanes of at least 4 members (excludes halogenated alkanes) is 6. The fourth-order valence-corrected chi connectivity index (χ4v) is 6.29. The van der Waals surface area contributed by atoms with E-state index in [1.54, 1.807) is 23.6 Å². The van der Waals surface area contributed by atoms with Crippen LogP contribution < -0.4 is 9.80 Å². The number of hydrogen-bond donors (Lipinski definition) is 0. The molecule has 0 atom stereocenters. The molecule has 2 aromatic rings. The molecule has 0 bridgehead atoms. The molecule has 0 fully saturated rings. The number of hydrogen-bond acceptors (Lipinski definition) is 8. The SMILES string of the molecule is C=C(C)C(=O)OCCCCCCN1C(=O)C2=C(c3ccc(N(C)C)cc3)N(CCCCCCOC(=O)C(=C)C)C(=O)C2=C1c1ccc(N(C)C)cc1. The number of carbonyl (C=O) groups excluding carboxylic acids is 4. The molecule has 0 unspecified atom stereocenters. The highest BCUT2D eigenvalue weighted by atomic mass is 16.5. The van der Waals surface area contributed by atoms with Gasteiger partial charge in [0.05, 0.1) is 35.8 Å². The van der Waals surface area contributed by atoms with Gasteiger partial charge in [-0.15, -0.1) is 0 Å². The number of nitrogens with zero attached hydrogens (tertiary/aromatic N) is 4. The van der Waals surface area contributed by atoms with E-state index < -0.39 is 0 Å². The first-order valence-corrected chi connectivity index (χ1v) is 18.2. The molecule has 10 heteroatoms. The summed E-state index contributed by atoms with van der Waals surface area (Å²) in [6.07, 6.45) is 6.24. The minimum absolute atomic E-state index is 0.168. The monoisotopic (exact) mass is 710 g/mol. The number of anilines is 2. The normalized spacial score (nSPS) is 13.9. The van der Waals surface area contributed by atoms with Crippen molar-refractivity contribution in [2.75, 3.05) is 64.3 Å². The van der Waals surface area contributed by atoms with Crippen LogP contribution in [0.5, 0.6) is 0 Å². The van der Waals surface area contributed by atoms with Crippen LogP contribution in [0.1, 0.15) is 76.3 Å². The van der Waals surface area contributed by atoms with Crippen LogP contribution in [0.15, 0.2) is 84.0 Å². The summed E-state index contributed by atoms with van der Waals surface area (Å²) in [6, 6.07) is 16.0. The summed E-state index contributed by atoms with van der Waals surface area (Å²) in [4.78, 5) is 60.2. The lowest BCUT2D eigenvalue weighted by Gasteiger charge is -2.26. The zero-order valence-corrected chi connectivity index (χ0v) is 31.8. The van der Waals surface area contributed by atoms with Crippen molar-refractivity contribution in [2.45, 2.75) is 65.2 Å². The van der Waals surface area contributed by atoms with E-state index >= 15 is 0 Å². The van der Waals surface area contributed by atoms with Crippen molar-refractivity contribution in [1.82, 2.24) is 9.80 Å². The molecule has 0 N–H and O–H groups in total. The highest BCUT2D eigenvalue weighted by Crippen LogP contribution is 2.47. The van der Waals surface area contributed by atoms with Gasteiger partial charge in [0.1, 0.15) is 0 Å². The van der Waals surface area contributed by atoms with E-state index in [0.29, 0.717) is 60.0 Å². The quantitative estimate of drug-likeness (QED) is 0.0825. The van der Waals surface area contributed by atoms with Gasteiger partial charge in [0.2, 0.25) is 0 Å². The topological polar surface area (TPSA) is 99.7 Å². The second-order valence-corrected chi connectivity index (χ2v) is 13.9. The van der Waals surface area contributed by atoms with E-state index in [1.807, 2.05) is 86.5 Å². The molecule has 0 spiro atoms. The lowest BCUT2D eigenvalue weighted by Crippen LogP contribution is -2.31. The maximum atomic E-state index is 14.6. The Kier molecular flexibility index (Phi) is 14.0. The van der Waals surface area contributed by atoms with E-state index in [4.69, 9.17) is 9.47 Å². The molecule has 0 saturated heterocycles. The summed E-state index contributed by atoms with van der Waals surface area (Å²) in [5.41, 5.74) is 6.63. The van der Waals surface area contributed by atoms with Gasteiger partial charge in [0.25, 0.3) is 11.8 Å². The molecule has 10 nitrogen and oxygen atoms in total. The largest absolute Gasteiger partial charge is 0.462 e. The minimum Gasteiger partial charge on any atom is -0.462 e. The lowest BCUT2D eigenvalue weighted by molar-refractivity contribution is -0.139. The van der Waals surface area contributed by atoms with Crippen LogP contribution in [-0.4, -0.2) is 88.0 Å². The Hall–Kier alpha value is -5.12. The predicted octanol–water partition coefficient (Wildman–Crippen LogP) is 6.98. The van der Waals surface area contributed by atoms with Crippen molar-refractivity contribution in [2.24, 2.45) is 0 Å². The summed E-state index contributed by atoms with van der Waals surface area (Å²) in [5, 5.41) is 0. The maximum Gasteiger partial charge on any atom is 0.333 e. The van der Waals surface area contributed by atoms with Crippen LogP contribution in [0, 0.1) is 0 Å². The van der Waals surface area contributed by atoms with E-state index in [1.165, 1.54) is 0 Å². The molecule has 52 heavy (non-hydrogen) atoms. The second kappa shape index (κ2) is 18.4. The molecule has 0 aromatic heterocycles. The Morgan fingerprint density at radius 1 is 0.558 bits per heavy atom. The Labute approximate surface area is 309 Å². The molecule has 0 radical (unpaired) electrons. The number of carbonyl (C=O) groups is 4. The second-order valence-electron chi connectivity index (χ2n) is 13.9. The van der Waals surface area contributed by atoms with Crippen LogP contribution in [0.3, 0.4) is 0 Å². The van der Waals surface area contributed by atoms with Gasteiger partial charge in [-0.3, -0.25) is 9.59 Å². The highest BCUT2D eigenvalue weighted by Gasteiger charge is 2.48. The molecule has 0 aliphatic carbocycles. The van der Waals surface area contributed by atoms with E-state index in [-0.39, 0.29) is 23.8 Å². The van der Waals surface area contributed by atoms with Crippen molar-refractivity contribution in [3.63, 3.8) is 0 Å². The Bertz CT molecular complexity index is 1590. The smallest absolute Gasteiger partial charge is 0.333 e. The van der Waals surface area contributed by atoms with Gasteiger partial charge >= 0.3 is 11.9 Å². The average molecular weight is 711 g/mol. The van der Waals surface area contributed by atoms with Gasteiger partial charge in [-0.2, -0.15) is 0 Å². The number of ether oxygens (including phenoxy) is 2. The van der Waals surface area contributed by atoms with Crippen LogP contribution in [-0.2, 0) is 28.7 Å². The lowest BCUT2D eigenvalue weighted by atomic mass is 10.0. The Balaban J connectivity index is 1.61. The van der Waals surface area contributed by atoms with Gasteiger partial charge in [-0.25, -0.2) is 9.59 Å². The average Bonchev–Trinajstić information content (AvgIpc) is 3.56. The summed E-state index contributed by atoms with van der Waals surface area (Å²) in [6.45, 7) is 12.1. The standard InChI is InChI=1S/C42H54N4O6/c1-29(2)41(49)51-27-15-11-9-13-25-45-37(31-17-21-33(22-18-31)43(5)6)35-36(39(45)47)38(32-19-23-34(24-20-32)44(7)8)46(40(35)48)26-14-10-12-16-28-52-42(50)30(3)4/h17-24H,1,3,9-16,25-28H2,2,4-8H3. The summed E-state index contributed by atoms with van der Waals surface area (Å²) >= 11 is 0. The highest BCUT2D eigenvalue weighted by molar-refractivity contribution is 6.30. The molecule has 2 aromatic carbocycles. The van der Waals surface area contributed by atoms with Gasteiger partial charge in [-0.1, -0.05) is 50.3 Å². The predicted molar refractivity (Wildman–Crippen MR) is 207 cm³/mol. The minimum atomic E-state index is -0.383. The zero-order chi connectivity index (χ0) is 37.9. The van der Waals surface area contributed by atoms with Crippen LogP contribution in [0.4, 0.5) is 11.4 Å².